The third-order valence-electron chi connectivity index (χ3n) is 3.64. The fourth-order valence-corrected chi connectivity index (χ4v) is 2.46. The Morgan fingerprint density at radius 1 is 1.04 bits per heavy atom. The van der Waals surface area contributed by atoms with Crippen LogP contribution in [0.4, 0.5) is 27.5 Å². The maximum Gasteiger partial charge on any atom is 0.247 e. The summed E-state index contributed by atoms with van der Waals surface area (Å²) in [5, 5.41) is 10.5. The Labute approximate surface area is 148 Å². The summed E-state index contributed by atoms with van der Waals surface area (Å²) in [6.45, 7) is 0. The molecule has 0 aliphatic rings. The molecule has 0 bridgehead atoms. The van der Waals surface area contributed by atoms with E-state index in [1.807, 2.05) is 24.3 Å². The molecule has 0 spiro atoms. The zero-order chi connectivity index (χ0) is 17.9. The normalized spacial score (nSPS) is 10.7. The number of aromatic nitrogens is 4. The Morgan fingerprint density at radius 2 is 1.85 bits per heavy atom. The van der Waals surface area contributed by atoms with Gasteiger partial charge < -0.3 is 15.4 Å². The molecule has 0 saturated heterocycles. The summed E-state index contributed by atoms with van der Waals surface area (Å²) in [6, 6.07) is 13.6. The first-order chi connectivity index (χ1) is 12.7. The van der Waals surface area contributed by atoms with Crippen LogP contribution in [0.5, 0.6) is 5.75 Å². The first-order valence-corrected chi connectivity index (χ1v) is 7.86. The van der Waals surface area contributed by atoms with Crippen molar-refractivity contribution in [2.24, 2.45) is 0 Å². The number of anilines is 4. The molecule has 0 saturated carbocycles. The Bertz CT molecular complexity index is 1060. The largest absolute Gasteiger partial charge is 0.497 e. The number of fused-ring (bicyclic) bond motifs is 1. The lowest BCUT2D eigenvalue weighted by molar-refractivity contribution is 0.415. The Hall–Kier alpha value is -3.68. The van der Waals surface area contributed by atoms with Crippen LogP contribution < -0.4 is 15.4 Å². The monoisotopic (exact) mass is 350 g/mol. The van der Waals surface area contributed by atoms with E-state index < -0.39 is 0 Å². The Kier molecular flexibility index (Phi) is 4.06. The van der Waals surface area contributed by atoms with Crippen molar-refractivity contribution in [1.82, 2.24) is 19.6 Å². The number of hydrogen-bond acceptors (Lipinski definition) is 6. The van der Waals surface area contributed by atoms with Crippen LogP contribution >= 0.6 is 0 Å². The van der Waals surface area contributed by atoms with Gasteiger partial charge in [0.15, 0.2) is 5.65 Å². The molecular formula is C18H15FN6O. The summed E-state index contributed by atoms with van der Waals surface area (Å²) < 4.78 is 20.1. The minimum atomic E-state index is -0.329. The fourth-order valence-electron chi connectivity index (χ4n) is 2.46. The lowest BCUT2D eigenvalue weighted by Gasteiger charge is -2.07. The smallest absolute Gasteiger partial charge is 0.247 e. The van der Waals surface area contributed by atoms with Gasteiger partial charge in [0.05, 0.1) is 19.5 Å². The lowest BCUT2D eigenvalue weighted by Crippen LogP contribution is -1.98. The van der Waals surface area contributed by atoms with Crippen LogP contribution in [0, 0.1) is 5.82 Å². The van der Waals surface area contributed by atoms with Gasteiger partial charge in [-0.3, -0.25) is 0 Å². The molecule has 0 aliphatic carbocycles. The Morgan fingerprint density at radius 3 is 2.65 bits per heavy atom. The molecule has 0 radical (unpaired) electrons. The second-order valence-electron chi connectivity index (χ2n) is 5.50. The molecule has 0 amide bonds. The van der Waals surface area contributed by atoms with Gasteiger partial charge in [-0.25, -0.2) is 13.9 Å². The van der Waals surface area contributed by atoms with Crippen molar-refractivity contribution in [2.75, 3.05) is 17.7 Å². The van der Waals surface area contributed by atoms with Crippen molar-refractivity contribution >= 4 is 28.8 Å². The molecule has 2 N–H and O–H groups in total. The van der Waals surface area contributed by atoms with Gasteiger partial charge >= 0.3 is 0 Å². The molecule has 2 aromatic carbocycles. The van der Waals surface area contributed by atoms with Crippen LogP contribution in [-0.4, -0.2) is 26.7 Å². The highest BCUT2D eigenvalue weighted by molar-refractivity contribution is 5.60. The van der Waals surface area contributed by atoms with Gasteiger partial charge in [-0.15, -0.1) is 5.10 Å². The molecule has 0 aliphatic heterocycles. The highest BCUT2D eigenvalue weighted by atomic mass is 19.1. The minimum absolute atomic E-state index is 0.329. The second-order valence-corrected chi connectivity index (χ2v) is 5.50. The van der Waals surface area contributed by atoms with Crippen molar-refractivity contribution in [3.05, 3.63) is 66.7 Å². The molecule has 0 unspecified atom stereocenters. The van der Waals surface area contributed by atoms with E-state index in [1.165, 1.54) is 12.1 Å². The summed E-state index contributed by atoms with van der Waals surface area (Å²) in [6.07, 6.45) is 3.32. The number of rotatable bonds is 5. The van der Waals surface area contributed by atoms with Gasteiger partial charge in [0.25, 0.3) is 0 Å². The van der Waals surface area contributed by atoms with Gasteiger partial charge in [0.2, 0.25) is 5.95 Å². The predicted octanol–water partition coefficient (Wildman–Crippen LogP) is 3.76. The number of methoxy groups -OCH3 is 1. The average Bonchev–Trinajstić information content (AvgIpc) is 3.03. The summed E-state index contributed by atoms with van der Waals surface area (Å²) >= 11 is 0. The minimum Gasteiger partial charge on any atom is -0.497 e. The van der Waals surface area contributed by atoms with Crippen LogP contribution in [0.3, 0.4) is 0 Å². The van der Waals surface area contributed by atoms with Crippen molar-refractivity contribution in [2.45, 2.75) is 0 Å². The molecule has 2 heterocycles. The second kappa shape index (κ2) is 6.67. The van der Waals surface area contributed by atoms with E-state index in [4.69, 9.17) is 4.74 Å². The van der Waals surface area contributed by atoms with E-state index >= 15 is 0 Å². The van der Waals surface area contributed by atoms with Gasteiger partial charge in [0, 0.05) is 17.4 Å². The van der Waals surface area contributed by atoms with E-state index in [0.717, 1.165) is 11.4 Å². The number of halogens is 1. The van der Waals surface area contributed by atoms with E-state index in [0.29, 0.717) is 23.1 Å². The molecule has 7 nitrogen and oxygen atoms in total. The lowest BCUT2D eigenvalue weighted by atomic mass is 10.3. The molecule has 2 aromatic heterocycles. The fraction of sp³-hybridized carbons (Fsp3) is 0.0556. The quantitative estimate of drug-likeness (QED) is 0.571. The van der Waals surface area contributed by atoms with Crippen LogP contribution in [0.25, 0.3) is 5.65 Å². The topological polar surface area (TPSA) is 76.4 Å². The van der Waals surface area contributed by atoms with Crippen LogP contribution in [-0.2, 0) is 0 Å². The van der Waals surface area contributed by atoms with Crippen molar-refractivity contribution < 1.29 is 9.13 Å². The highest BCUT2D eigenvalue weighted by Crippen LogP contribution is 2.21. The Balaban J connectivity index is 1.57. The standard InChI is InChI=1S/C18H15FN6O/c1-26-15-7-3-6-14(9-15)21-16-11-25-17(10-20-16)23-18(24-25)22-13-5-2-4-12(19)8-13/h2-11,21H,1H3,(H,22,24). The van der Waals surface area contributed by atoms with E-state index in [1.54, 1.807) is 36.2 Å². The van der Waals surface area contributed by atoms with Crippen LogP contribution in [0.1, 0.15) is 0 Å². The molecular weight excluding hydrogens is 335 g/mol. The third kappa shape index (κ3) is 3.39. The SMILES string of the molecule is COc1cccc(Nc2cn3nc(Nc4cccc(F)c4)nc3cn2)c1. The van der Waals surface area contributed by atoms with E-state index in [9.17, 15) is 4.39 Å². The van der Waals surface area contributed by atoms with Gasteiger partial charge in [0.1, 0.15) is 17.4 Å². The predicted molar refractivity (Wildman–Crippen MR) is 96.7 cm³/mol. The maximum absolute atomic E-state index is 13.3. The summed E-state index contributed by atoms with van der Waals surface area (Å²) in [7, 11) is 1.62. The maximum atomic E-state index is 13.3. The molecule has 26 heavy (non-hydrogen) atoms. The van der Waals surface area contributed by atoms with E-state index in [2.05, 4.69) is 25.7 Å². The number of nitrogens with one attached hydrogen (secondary N) is 2. The van der Waals surface area contributed by atoms with Crippen molar-refractivity contribution in [3.8, 4) is 5.75 Å². The molecule has 4 rings (SSSR count). The van der Waals surface area contributed by atoms with Gasteiger partial charge in [-0.05, 0) is 30.3 Å². The third-order valence-corrected chi connectivity index (χ3v) is 3.64. The zero-order valence-electron chi connectivity index (χ0n) is 13.8. The number of ether oxygens (including phenoxy) is 1. The summed E-state index contributed by atoms with van der Waals surface area (Å²) in [5.74, 6) is 1.38. The van der Waals surface area contributed by atoms with Crippen LogP contribution in [0.15, 0.2) is 60.9 Å². The molecule has 8 heteroatoms. The summed E-state index contributed by atoms with van der Waals surface area (Å²) in [4.78, 5) is 8.65. The molecule has 0 atom stereocenters. The average molecular weight is 350 g/mol. The number of benzene rings is 2. The van der Waals surface area contributed by atoms with Crippen molar-refractivity contribution in [1.29, 1.82) is 0 Å². The van der Waals surface area contributed by atoms with Crippen LogP contribution in [0.2, 0.25) is 0 Å². The summed E-state index contributed by atoms with van der Waals surface area (Å²) in [5.41, 5.74) is 1.98. The molecule has 130 valence electrons. The first kappa shape index (κ1) is 15.8. The first-order valence-electron chi connectivity index (χ1n) is 7.86. The number of nitrogens with zero attached hydrogens (tertiary/aromatic N) is 4. The van der Waals surface area contributed by atoms with Crippen molar-refractivity contribution in [3.63, 3.8) is 0 Å². The number of hydrogen-bond donors (Lipinski definition) is 2. The zero-order valence-corrected chi connectivity index (χ0v) is 13.8. The highest BCUT2D eigenvalue weighted by Gasteiger charge is 2.07. The molecule has 0 fully saturated rings. The molecule has 4 aromatic rings. The van der Waals surface area contributed by atoms with Gasteiger partial charge in [-0.2, -0.15) is 4.98 Å². The van der Waals surface area contributed by atoms with E-state index in [-0.39, 0.29) is 5.82 Å². The van der Waals surface area contributed by atoms with Gasteiger partial charge in [-0.1, -0.05) is 12.1 Å².